The second-order valence-corrected chi connectivity index (χ2v) is 1.58. The molecule has 0 amide bonds. The SMILES string of the molecule is CC.Cc1c[c-]ccc1.[Ce].[Ce].[Ce].[Ru+]. The fraction of sp³-hybridized carbons (Fsp3) is 0.333. The van der Waals surface area contributed by atoms with E-state index in [2.05, 4.69) is 19.1 Å². The molecule has 0 aliphatic heterocycles. The van der Waals surface area contributed by atoms with Crippen LogP contribution in [0.15, 0.2) is 24.3 Å². The van der Waals surface area contributed by atoms with Crippen LogP contribution in [-0.4, -0.2) is 0 Å². The van der Waals surface area contributed by atoms with Crippen LogP contribution in [0.2, 0.25) is 0 Å². The van der Waals surface area contributed by atoms with Crippen LogP contribution in [0.4, 0.5) is 0 Å². The van der Waals surface area contributed by atoms with Crippen molar-refractivity contribution in [3.05, 3.63) is 35.9 Å². The fourth-order valence-electron chi connectivity index (χ4n) is 0.483. The summed E-state index contributed by atoms with van der Waals surface area (Å²) in [7, 11) is 0. The van der Waals surface area contributed by atoms with Crippen molar-refractivity contribution in [1.29, 1.82) is 0 Å². The molecule has 13 heavy (non-hydrogen) atoms. The van der Waals surface area contributed by atoms with Crippen molar-refractivity contribution in [3.63, 3.8) is 0 Å². The monoisotopic (exact) mass is 643 g/mol. The number of benzene rings is 1. The minimum atomic E-state index is 0. The molecule has 0 heterocycles. The zero-order chi connectivity index (χ0) is 7.11. The zero-order valence-electron chi connectivity index (χ0n) is 8.16. The van der Waals surface area contributed by atoms with E-state index in [9.17, 15) is 0 Å². The summed E-state index contributed by atoms with van der Waals surface area (Å²) in [4.78, 5) is 0. The molecule has 1 aromatic rings. The standard InChI is InChI=1S/C7H7.C2H6.3Ce.Ru/c1-7-5-3-2-4-6-7;1-2;;;;/h2-3,5-6H,1H3;1-2H3;;;;/q-1;;;;;+1. The number of rotatable bonds is 0. The Hall–Kier alpha value is 3.97. The van der Waals surface area contributed by atoms with Gasteiger partial charge in [0.2, 0.25) is 0 Å². The third-order valence-corrected chi connectivity index (χ3v) is 0.863. The Balaban J connectivity index is -0.0000000335. The molecule has 0 aliphatic carbocycles. The Kier molecular flexibility index (Phi) is 58.0. The summed E-state index contributed by atoms with van der Waals surface area (Å²) in [5.74, 6) is 0. The smallest absolute Gasteiger partial charge is 0.184 e. The molecule has 0 atom stereocenters. The number of aryl methyl sites for hydroxylation is 1. The summed E-state index contributed by atoms with van der Waals surface area (Å²) in [6.45, 7) is 6.05. The molecule has 0 fully saturated rings. The Morgan fingerprint density at radius 2 is 1.54 bits per heavy atom. The summed E-state index contributed by atoms with van der Waals surface area (Å²) in [5.41, 5.74) is 1.27. The first-order valence-electron chi connectivity index (χ1n) is 3.32. The largest absolute Gasteiger partial charge is 1.00 e. The summed E-state index contributed by atoms with van der Waals surface area (Å²) < 4.78 is 0. The van der Waals surface area contributed by atoms with Crippen molar-refractivity contribution in [1.82, 2.24) is 0 Å². The van der Waals surface area contributed by atoms with E-state index in [1.165, 1.54) is 5.56 Å². The van der Waals surface area contributed by atoms with Crippen LogP contribution in [0.25, 0.3) is 0 Å². The van der Waals surface area contributed by atoms with Gasteiger partial charge < -0.3 is 0 Å². The van der Waals surface area contributed by atoms with Crippen molar-refractivity contribution in [2.75, 3.05) is 0 Å². The maximum atomic E-state index is 2.96. The predicted octanol–water partition coefficient (Wildman–Crippen LogP) is 2.82. The van der Waals surface area contributed by atoms with Gasteiger partial charge in [0.05, 0.1) is 0 Å². The molecule has 69 valence electrons. The van der Waals surface area contributed by atoms with Crippen LogP contribution >= 0.6 is 0 Å². The van der Waals surface area contributed by atoms with Crippen molar-refractivity contribution in [3.8, 4) is 0 Å². The van der Waals surface area contributed by atoms with E-state index >= 15 is 0 Å². The molecule has 4 heteroatoms. The molecule has 0 spiro atoms. The Bertz CT molecular complexity index is 145. The second-order valence-electron chi connectivity index (χ2n) is 1.58. The van der Waals surface area contributed by atoms with Gasteiger partial charge in [-0.25, -0.2) is 0 Å². The molecule has 1 radical (unpaired) electrons. The first-order valence-corrected chi connectivity index (χ1v) is 3.32. The van der Waals surface area contributed by atoms with Gasteiger partial charge in [-0.2, -0.15) is 35.9 Å². The van der Waals surface area contributed by atoms with Crippen molar-refractivity contribution in [2.24, 2.45) is 0 Å². The Morgan fingerprint density at radius 1 is 1.08 bits per heavy atom. The van der Waals surface area contributed by atoms with Crippen LogP contribution in [-0.2, 0) is 19.5 Å². The Labute approximate surface area is 196 Å². The van der Waals surface area contributed by atoms with Gasteiger partial charge in [0, 0.05) is 125 Å². The molecule has 0 nitrogen and oxygen atoms in total. The molecule has 1 aromatic carbocycles. The average Bonchev–Trinajstić information content (AvgIpc) is 1.94. The Morgan fingerprint density at radius 3 is 1.69 bits per heavy atom. The first-order chi connectivity index (χ1) is 4.39. The fourth-order valence-corrected chi connectivity index (χ4v) is 0.483. The molecule has 0 N–H and O–H groups in total. The first kappa shape index (κ1) is 30.2. The van der Waals surface area contributed by atoms with Crippen LogP contribution in [0, 0.1) is 138 Å². The van der Waals surface area contributed by atoms with Crippen LogP contribution in [0.5, 0.6) is 0 Å². The molecule has 0 unspecified atom stereocenters. The van der Waals surface area contributed by atoms with E-state index in [4.69, 9.17) is 0 Å². The van der Waals surface area contributed by atoms with E-state index in [1.807, 2.05) is 32.0 Å². The minimum absolute atomic E-state index is 0. The van der Waals surface area contributed by atoms with Crippen molar-refractivity contribution >= 4 is 0 Å². The summed E-state index contributed by atoms with van der Waals surface area (Å²) >= 11 is 0. The minimum Gasteiger partial charge on any atom is -0.184 e. The van der Waals surface area contributed by atoms with Gasteiger partial charge in [0.1, 0.15) is 0 Å². The molecular weight excluding hydrogens is 630 g/mol. The van der Waals surface area contributed by atoms with Gasteiger partial charge in [-0.1, -0.05) is 20.8 Å². The quantitative estimate of drug-likeness (QED) is 0.302. The molecule has 0 saturated carbocycles. The van der Waals surface area contributed by atoms with Gasteiger partial charge in [-0.15, -0.1) is 0 Å². The summed E-state index contributed by atoms with van der Waals surface area (Å²) in [6, 6.07) is 10.8. The number of hydrogen-bond donors (Lipinski definition) is 0. The van der Waals surface area contributed by atoms with E-state index < -0.39 is 0 Å². The average molecular weight is 643 g/mol. The molecular formula is C9H13Ce3Ru. The molecule has 0 bridgehead atoms. The normalized spacial score (nSPS) is 5.15. The van der Waals surface area contributed by atoms with E-state index in [-0.39, 0.29) is 145 Å². The van der Waals surface area contributed by atoms with E-state index in [0.29, 0.717) is 0 Å². The summed E-state index contributed by atoms with van der Waals surface area (Å²) in [5, 5.41) is 0. The molecule has 0 aliphatic rings. The maximum Gasteiger partial charge on any atom is 1.00 e. The third-order valence-electron chi connectivity index (χ3n) is 0.863. The van der Waals surface area contributed by atoms with Crippen LogP contribution in [0.1, 0.15) is 19.4 Å². The molecule has 1 rings (SSSR count). The van der Waals surface area contributed by atoms with Gasteiger partial charge in [-0.05, 0) is 0 Å². The van der Waals surface area contributed by atoms with Gasteiger partial charge in [-0.3, -0.25) is 0 Å². The zero-order valence-corrected chi connectivity index (χ0v) is 19.3. The van der Waals surface area contributed by atoms with Crippen LogP contribution < -0.4 is 0 Å². The topological polar surface area (TPSA) is 0 Å². The maximum absolute atomic E-state index is 2.96. The molecule has 0 aromatic heterocycles. The molecule has 0 saturated heterocycles. The van der Waals surface area contributed by atoms with Crippen molar-refractivity contribution in [2.45, 2.75) is 20.8 Å². The third kappa shape index (κ3) is 21.8. The van der Waals surface area contributed by atoms with Gasteiger partial charge >= 0.3 is 19.5 Å². The van der Waals surface area contributed by atoms with E-state index in [1.54, 1.807) is 0 Å². The van der Waals surface area contributed by atoms with Gasteiger partial charge in [0.25, 0.3) is 0 Å². The number of hydrogen-bond acceptors (Lipinski definition) is 0. The van der Waals surface area contributed by atoms with Gasteiger partial charge in [0.15, 0.2) is 0 Å². The van der Waals surface area contributed by atoms with E-state index in [0.717, 1.165) is 0 Å². The van der Waals surface area contributed by atoms with Crippen molar-refractivity contribution < 1.29 is 145 Å². The summed E-state index contributed by atoms with van der Waals surface area (Å²) in [6.07, 6.45) is 0. The van der Waals surface area contributed by atoms with Crippen LogP contribution in [0.3, 0.4) is 0 Å². The predicted molar refractivity (Wildman–Crippen MR) is 41.4 cm³/mol. The second kappa shape index (κ2) is 25.0.